The molecule has 0 atom stereocenters. The SMILES string of the molecule is COc1c(Cl)cccc1SCCCCN1CCN(c2cccc3c2OCCO3)CC1. The second-order valence-corrected chi connectivity index (χ2v) is 9.00. The van der Waals surface area contributed by atoms with Crippen molar-refractivity contribution < 1.29 is 14.2 Å². The molecule has 4 rings (SSSR count). The Hall–Kier alpha value is -1.76. The Kier molecular flexibility index (Phi) is 7.52. The Bertz CT molecular complexity index is 843. The molecule has 2 aromatic rings. The molecule has 2 aliphatic heterocycles. The maximum atomic E-state index is 6.20. The van der Waals surface area contributed by atoms with Crippen LogP contribution in [0.1, 0.15) is 12.8 Å². The Balaban J connectivity index is 1.19. The van der Waals surface area contributed by atoms with E-state index < -0.39 is 0 Å². The number of methoxy groups -OCH3 is 1. The van der Waals surface area contributed by atoms with Gasteiger partial charge in [0.15, 0.2) is 17.2 Å². The molecular formula is C23H29ClN2O3S. The first-order valence-electron chi connectivity index (χ1n) is 10.6. The molecule has 162 valence electrons. The third-order valence-electron chi connectivity index (χ3n) is 5.52. The Morgan fingerprint density at radius 3 is 2.63 bits per heavy atom. The predicted octanol–water partition coefficient (Wildman–Crippen LogP) is 4.81. The van der Waals surface area contributed by atoms with Gasteiger partial charge in [0.05, 0.1) is 22.7 Å². The largest absolute Gasteiger partial charge is 0.494 e. The van der Waals surface area contributed by atoms with E-state index in [2.05, 4.69) is 28.0 Å². The van der Waals surface area contributed by atoms with Gasteiger partial charge in [0, 0.05) is 26.2 Å². The second-order valence-electron chi connectivity index (χ2n) is 7.46. The number of unbranched alkanes of at least 4 members (excludes halogenated alkanes) is 1. The fraction of sp³-hybridized carbons (Fsp3) is 0.478. The summed E-state index contributed by atoms with van der Waals surface area (Å²) in [4.78, 5) is 6.11. The van der Waals surface area contributed by atoms with Gasteiger partial charge in [-0.05, 0) is 49.4 Å². The number of thioether (sulfide) groups is 1. The molecule has 2 aliphatic rings. The maximum absolute atomic E-state index is 6.20. The fourth-order valence-corrected chi connectivity index (χ4v) is 5.32. The monoisotopic (exact) mass is 448 g/mol. The molecule has 0 spiro atoms. The van der Waals surface area contributed by atoms with Crippen molar-refractivity contribution in [3.8, 4) is 17.2 Å². The first kappa shape index (κ1) is 21.5. The van der Waals surface area contributed by atoms with Crippen LogP contribution in [0.5, 0.6) is 17.2 Å². The molecule has 5 nitrogen and oxygen atoms in total. The van der Waals surface area contributed by atoms with Crippen LogP contribution in [0.3, 0.4) is 0 Å². The minimum absolute atomic E-state index is 0.628. The molecular weight excluding hydrogens is 420 g/mol. The molecule has 1 saturated heterocycles. The van der Waals surface area contributed by atoms with Gasteiger partial charge in [0.2, 0.25) is 0 Å². The van der Waals surface area contributed by atoms with Crippen molar-refractivity contribution in [1.29, 1.82) is 0 Å². The summed E-state index contributed by atoms with van der Waals surface area (Å²) in [5.41, 5.74) is 1.17. The molecule has 0 aromatic heterocycles. The summed E-state index contributed by atoms with van der Waals surface area (Å²) in [5.74, 6) is 3.64. The molecule has 30 heavy (non-hydrogen) atoms. The number of hydrogen-bond donors (Lipinski definition) is 0. The number of halogens is 1. The maximum Gasteiger partial charge on any atom is 0.184 e. The van der Waals surface area contributed by atoms with E-state index in [1.54, 1.807) is 7.11 Å². The van der Waals surface area contributed by atoms with Crippen LogP contribution in [0.25, 0.3) is 0 Å². The van der Waals surface area contributed by atoms with Crippen molar-refractivity contribution in [1.82, 2.24) is 4.90 Å². The number of nitrogens with zero attached hydrogens (tertiary/aromatic N) is 2. The van der Waals surface area contributed by atoms with Crippen LogP contribution in [0.15, 0.2) is 41.3 Å². The predicted molar refractivity (Wildman–Crippen MR) is 124 cm³/mol. The van der Waals surface area contributed by atoms with Crippen LogP contribution in [0.2, 0.25) is 5.02 Å². The van der Waals surface area contributed by atoms with Crippen molar-refractivity contribution in [3.05, 3.63) is 41.4 Å². The highest BCUT2D eigenvalue weighted by Crippen LogP contribution is 2.40. The number of piperazine rings is 1. The lowest BCUT2D eigenvalue weighted by molar-refractivity contribution is 0.171. The molecule has 0 amide bonds. The number of hydrogen-bond acceptors (Lipinski definition) is 6. The highest BCUT2D eigenvalue weighted by Gasteiger charge is 2.23. The number of rotatable bonds is 8. The number of benzene rings is 2. The van der Waals surface area contributed by atoms with Gasteiger partial charge in [-0.25, -0.2) is 0 Å². The van der Waals surface area contributed by atoms with E-state index in [0.717, 1.165) is 60.6 Å². The normalized spacial score (nSPS) is 16.5. The Morgan fingerprint density at radius 1 is 1.00 bits per heavy atom. The lowest BCUT2D eigenvalue weighted by atomic mass is 10.2. The van der Waals surface area contributed by atoms with Gasteiger partial charge < -0.3 is 19.1 Å². The van der Waals surface area contributed by atoms with Gasteiger partial charge in [-0.15, -0.1) is 11.8 Å². The topological polar surface area (TPSA) is 34.2 Å². The van der Waals surface area contributed by atoms with Crippen LogP contribution >= 0.6 is 23.4 Å². The van der Waals surface area contributed by atoms with Crippen molar-refractivity contribution in [2.45, 2.75) is 17.7 Å². The zero-order chi connectivity index (χ0) is 20.8. The minimum atomic E-state index is 0.628. The standard InChI is InChI=1S/C23H29ClN2O3S/c1-27-22-18(24)6-4-9-21(22)30-17-3-2-10-25-11-13-26(14-12-25)19-7-5-8-20-23(19)29-16-15-28-20/h4-9H,2-3,10-17H2,1H3. The summed E-state index contributed by atoms with van der Waals surface area (Å²) in [6, 6.07) is 12.1. The van der Waals surface area contributed by atoms with Crippen molar-refractivity contribution in [2.24, 2.45) is 0 Å². The molecule has 0 unspecified atom stereocenters. The molecule has 0 radical (unpaired) electrons. The van der Waals surface area contributed by atoms with Crippen LogP contribution in [-0.4, -0.2) is 63.7 Å². The van der Waals surface area contributed by atoms with E-state index in [1.807, 2.05) is 30.0 Å². The molecule has 0 N–H and O–H groups in total. The number of para-hydroxylation sites is 2. The van der Waals surface area contributed by atoms with Crippen molar-refractivity contribution in [3.63, 3.8) is 0 Å². The van der Waals surface area contributed by atoms with E-state index in [1.165, 1.54) is 18.5 Å². The summed E-state index contributed by atoms with van der Waals surface area (Å²) < 4.78 is 17.0. The second kappa shape index (κ2) is 10.5. The molecule has 7 heteroatoms. The number of fused-ring (bicyclic) bond motifs is 1. The van der Waals surface area contributed by atoms with Gasteiger partial charge in [0.1, 0.15) is 13.2 Å². The zero-order valence-electron chi connectivity index (χ0n) is 17.4. The quantitative estimate of drug-likeness (QED) is 0.425. The molecule has 0 bridgehead atoms. The van der Waals surface area contributed by atoms with Crippen LogP contribution in [0.4, 0.5) is 5.69 Å². The summed E-state index contributed by atoms with van der Waals surface area (Å²) in [6.45, 7) is 6.62. The third kappa shape index (κ3) is 5.10. The average Bonchev–Trinajstić information content (AvgIpc) is 2.79. The smallest absolute Gasteiger partial charge is 0.184 e. The van der Waals surface area contributed by atoms with Crippen LogP contribution in [0, 0.1) is 0 Å². The molecule has 1 fully saturated rings. The Labute approximate surface area is 188 Å². The highest BCUT2D eigenvalue weighted by atomic mass is 35.5. The van der Waals surface area contributed by atoms with Gasteiger partial charge >= 0.3 is 0 Å². The molecule has 0 aliphatic carbocycles. The summed E-state index contributed by atoms with van der Waals surface area (Å²) in [6.07, 6.45) is 2.38. The van der Waals surface area contributed by atoms with Crippen LogP contribution < -0.4 is 19.1 Å². The van der Waals surface area contributed by atoms with Gasteiger partial charge in [-0.3, -0.25) is 4.90 Å². The lowest BCUT2D eigenvalue weighted by Crippen LogP contribution is -2.46. The molecule has 0 saturated carbocycles. The lowest BCUT2D eigenvalue weighted by Gasteiger charge is -2.37. The van der Waals surface area contributed by atoms with Crippen LogP contribution in [-0.2, 0) is 0 Å². The molecule has 2 heterocycles. The Morgan fingerprint density at radius 2 is 1.80 bits per heavy atom. The molecule has 2 aromatic carbocycles. The summed E-state index contributed by atoms with van der Waals surface area (Å²) in [5, 5.41) is 0.678. The average molecular weight is 449 g/mol. The third-order valence-corrected chi connectivity index (χ3v) is 6.94. The first-order valence-corrected chi connectivity index (χ1v) is 11.9. The van der Waals surface area contributed by atoms with E-state index in [-0.39, 0.29) is 0 Å². The van der Waals surface area contributed by atoms with E-state index in [9.17, 15) is 0 Å². The van der Waals surface area contributed by atoms with Crippen molar-refractivity contribution in [2.75, 3.05) is 63.7 Å². The fourth-order valence-electron chi connectivity index (χ4n) is 3.94. The van der Waals surface area contributed by atoms with Crippen molar-refractivity contribution >= 4 is 29.1 Å². The number of anilines is 1. The van der Waals surface area contributed by atoms with Gasteiger partial charge in [-0.2, -0.15) is 0 Å². The van der Waals surface area contributed by atoms with E-state index in [4.69, 9.17) is 25.8 Å². The van der Waals surface area contributed by atoms with Gasteiger partial charge in [-0.1, -0.05) is 23.7 Å². The number of ether oxygens (including phenoxy) is 3. The highest BCUT2D eigenvalue weighted by molar-refractivity contribution is 7.99. The summed E-state index contributed by atoms with van der Waals surface area (Å²) in [7, 11) is 1.68. The van der Waals surface area contributed by atoms with E-state index in [0.29, 0.717) is 18.2 Å². The zero-order valence-corrected chi connectivity index (χ0v) is 19.0. The van der Waals surface area contributed by atoms with Gasteiger partial charge in [0.25, 0.3) is 0 Å². The minimum Gasteiger partial charge on any atom is -0.494 e. The first-order chi connectivity index (χ1) is 14.8. The van der Waals surface area contributed by atoms with E-state index >= 15 is 0 Å². The summed E-state index contributed by atoms with van der Waals surface area (Å²) >= 11 is 8.02.